The highest BCUT2D eigenvalue weighted by Crippen LogP contribution is 2.70. The summed E-state index contributed by atoms with van der Waals surface area (Å²) in [5.74, 6) is -1.24. The summed E-state index contributed by atoms with van der Waals surface area (Å²) in [7, 11) is 0. The van der Waals surface area contributed by atoms with Gasteiger partial charge in [-0.1, -0.05) is 20.8 Å². The summed E-state index contributed by atoms with van der Waals surface area (Å²) in [5.41, 5.74) is 9.14. The summed E-state index contributed by atoms with van der Waals surface area (Å²) in [5, 5.41) is 0. The first-order valence-electron chi connectivity index (χ1n) is 11.2. The molecule has 0 saturated heterocycles. The summed E-state index contributed by atoms with van der Waals surface area (Å²) in [6, 6.07) is 9.23. The maximum atomic E-state index is 13.7. The molecule has 1 saturated carbocycles. The largest absolute Gasteiger partial charge is 0.272 e. The van der Waals surface area contributed by atoms with E-state index in [-0.39, 0.29) is 16.9 Å². The summed E-state index contributed by atoms with van der Waals surface area (Å²) in [6.07, 6.45) is 1.42. The maximum absolute atomic E-state index is 13.7. The molecule has 5 rings (SSSR count). The first kappa shape index (κ1) is 21.5. The lowest BCUT2D eigenvalue weighted by atomic mass is 9.63. The SMILES string of the molecule is Cc1cc2nc3c(nc2cc1C)C1(C(=O)NNC(=O)c2ccc(F)cc2)CCC3(C)C1(C)C. The molecule has 0 spiro atoms. The first-order chi connectivity index (χ1) is 15.5. The Bertz CT molecular complexity index is 1330. The second kappa shape index (κ2) is 6.83. The average Bonchev–Trinajstić information content (AvgIpc) is 3.07. The molecular weight excluding hydrogens is 419 g/mol. The number of fused-ring (bicyclic) bond motifs is 6. The molecule has 2 unspecified atom stereocenters. The fourth-order valence-corrected chi connectivity index (χ4v) is 5.75. The number of aromatic nitrogens is 2. The molecule has 2 aliphatic rings. The molecule has 2 amide bonds. The van der Waals surface area contributed by atoms with Crippen molar-refractivity contribution in [2.75, 3.05) is 0 Å². The molecule has 2 atom stereocenters. The zero-order valence-corrected chi connectivity index (χ0v) is 19.5. The topological polar surface area (TPSA) is 84.0 Å². The average molecular weight is 447 g/mol. The van der Waals surface area contributed by atoms with E-state index in [1.54, 1.807) is 0 Å². The van der Waals surface area contributed by atoms with E-state index >= 15 is 0 Å². The van der Waals surface area contributed by atoms with Crippen LogP contribution in [0.25, 0.3) is 11.0 Å². The molecule has 170 valence electrons. The van der Waals surface area contributed by atoms with Gasteiger partial charge in [-0.15, -0.1) is 0 Å². The van der Waals surface area contributed by atoms with Crippen LogP contribution in [0.15, 0.2) is 36.4 Å². The summed E-state index contributed by atoms with van der Waals surface area (Å²) < 4.78 is 13.2. The maximum Gasteiger partial charge on any atom is 0.269 e. The van der Waals surface area contributed by atoms with Crippen LogP contribution in [0.2, 0.25) is 0 Å². The number of carbonyl (C=O) groups excluding carboxylic acids is 2. The second-order valence-electron chi connectivity index (χ2n) is 10.1. The molecule has 2 bridgehead atoms. The number of aryl methyl sites for hydroxylation is 2. The Balaban J connectivity index is 1.55. The van der Waals surface area contributed by atoms with Crippen molar-refractivity contribution in [1.29, 1.82) is 0 Å². The van der Waals surface area contributed by atoms with Crippen LogP contribution in [0.3, 0.4) is 0 Å². The van der Waals surface area contributed by atoms with Crippen molar-refractivity contribution < 1.29 is 14.0 Å². The van der Waals surface area contributed by atoms with Crippen LogP contribution in [0.1, 0.15) is 66.5 Å². The van der Waals surface area contributed by atoms with Crippen LogP contribution in [-0.4, -0.2) is 21.8 Å². The lowest BCUT2D eigenvalue weighted by Crippen LogP contribution is -2.55. The van der Waals surface area contributed by atoms with Crippen LogP contribution in [0, 0.1) is 25.1 Å². The normalized spacial score (nSPS) is 24.5. The molecule has 7 heteroatoms. The lowest BCUT2D eigenvalue weighted by molar-refractivity contribution is -0.131. The Hall–Kier alpha value is -3.35. The number of benzene rings is 2. The number of rotatable bonds is 2. The summed E-state index contributed by atoms with van der Waals surface area (Å²) in [4.78, 5) is 36.3. The zero-order chi connectivity index (χ0) is 23.8. The Morgan fingerprint density at radius 1 is 0.879 bits per heavy atom. The van der Waals surface area contributed by atoms with Gasteiger partial charge in [-0.2, -0.15) is 0 Å². The minimum Gasteiger partial charge on any atom is -0.272 e. The molecule has 1 fully saturated rings. The van der Waals surface area contributed by atoms with E-state index in [0.29, 0.717) is 12.1 Å². The molecule has 33 heavy (non-hydrogen) atoms. The number of amides is 2. The Kier molecular flexibility index (Phi) is 4.45. The van der Waals surface area contributed by atoms with Crippen molar-refractivity contribution in [3.8, 4) is 0 Å². The van der Waals surface area contributed by atoms with Crippen molar-refractivity contribution in [2.45, 2.75) is 58.3 Å². The van der Waals surface area contributed by atoms with Crippen molar-refractivity contribution in [3.63, 3.8) is 0 Å². The number of hydrogen-bond donors (Lipinski definition) is 2. The van der Waals surface area contributed by atoms with Gasteiger partial charge in [0.2, 0.25) is 0 Å². The number of nitrogens with one attached hydrogen (secondary N) is 2. The number of hydrazine groups is 1. The molecule has 3 aromatic rings. The quantitative estimate of drug-likeness (QED) is 0.579. The minimum absolute atomic E-state index is 0.258. The van der Waals surface area contributed by atoms with E-state index in [1.165, 1.54) is 24.3 Å². The molecule has 2 N–H and O–H groups in total. The van der Waals surface area contributed by atoms with Gasteiger partial charge >= 0.3 is 0 Å². The molecule has 0 aliphatic heterocycles. The third-order valence-electron chi connectivity index (χ3n) is 8.44. The predicted octanol–water partition coefficient (Wildman–Crippen LogP) is 4.18. The van der Waals surface area contributed by atoms with Crippen LogP contribution in [-0.2, 0) is 15.6 Å². The molecular formula is C26H27FN4O2. The first-order valence-corrected chi connectivity index (χ1v) is 11.2. The monoisotopic (exact) mass is 446 g/mol. The van der Waals surface area contributed by atoms with E-state index in [4.69, 9.17) is 9.97 Å². The van der Waals surface area contributed by atoms with Gasteiger partial charge in [-0.25, -0.2) is 14.4 Å². The highest BCUT2D eigenvalue weighted by molar-refractivity contribution is 5.98. The van der Waals surface area contributed by atoms with Crippen LogP contribution >= 0.6 is 0 Å². The standard InChI is InChI=1S/C26H27FN4O2/c1-14-12-18-19(13-15(14)2)29-21-20(28-18)25(5)10-11-26(21,24(25,3)4)23(33)31-30-22(32)16-6-8-17(27)9-7-16/h6-9,12-13H,10-11H2,1-5H3,(H,30,32)(H,31,33). The van der Waals surface area contributed by atoms with Gasteiger partial charge in [0.1, 0.15) is 11.2 Å². The van der Waals surface area contributed by atoms with Gasteiger partial charge < -0.3 is 0 Å². The number of carbonyl (C=O) groups is 2. The number of halogens is 1. The highest BCUT2D eigenvalue weighted by atomic mass is 19.1. The van der Waals surface area contributed by atoms with E-state index in [0.717, 1.165) is 34.3 Å². The van der Waals surface area contributed by atoms with E-state index in [2.05, 4.69) is 44.6 Å². The third-order valence-corrected chi connectivity index (χ3v) is 8.44. The van der Waals surface area contributed by atoms with Gasteiger partial charge in [0.15, 0.2) is 0 Å². The Morgan fingerprint density at radius 3 is 2.06 bits per heavy atom. The van der Waals surface area contributed by atoms with Crippen LogP contribution in [0.4, 0.5) is 4.39 Å². The van der Waals surface area contributed by atoms with Gasteiger partial charge in [0, 0.05) is 11.0 Å². The molecule has 0 radical (unpaired) electrons. The molecule has 1 aromatic heterocycles. The third kappa shape index (κ3) is 2.71. The van der Waals surface area contributed by atoms with Crippen molar-refractivity contribution in [1.82, 2.24) is 20.8 Å². The minimum atomic E-state index is -0.923. The van der Waals surface area contributed by atoms with Gasteiger partial charge in [-0.05, 0) is 79.6 Å². The van der Waals surface area contributed by atoms with Crippen LogP contribution in [0.5, 0.6) is 0 Å². The summed E-state index contributed by atoms with van der Waals surface area (Å²) >= 11 is 0. The number of nitrogens with zero attached hydrogens (tertiary/aromatic N) is 2. The molecule has 2 aromatic carbocycles. The highest BCUT2D eigenvalue weighted by Gasteiger charge is 2.73. The van der Waals surface area contributed by atoms with Crippen molar-refractivity contribution in [3.05, 3.63) is 70.3 Å². The fraction of sp³-hybridized carbons (Fsp3) is 0.385. The van der Waals surface area contributed by atoms with Gasteiger partial charge in [0.05, 0.1) is 22.4 Å². The molecule has 6 nitrogen and oxygen atoms in total. The van der Waals surface area contributed by atoms with Crippen molar-refractivity contribution >= 4 is 22.8 Å². The molecule has 2 aliphatic carbocycles. The van der Waals surface area contributed by atoms with Gasteiger partial charge in [-0.3, -0.25) is 20.4 Å². The Labute approximate surface area is 192 Å². The summed E-state index contributed by atoms with van der Waals surface area (Å²) in [6.45, 7) is 10.4. The second-order valence-corrected chi connectivity index (χ2v) is 10.1. The zero-order valence-electron chi connectivity index (χ0n) is 19.5. The predicted molar refractivity (Wildman–Crippen MR) is 123 cm³/mol. The van der Waals surface area contributed by atoms with Crippen molar-refractivity contribution in [2.24, 2.45) is 5.41 Å². The molecule has 1 heterocycles. The smallest absolute Gasteiger partial charge is 0.269 e. The van der Waals surface area contributed by atoms with Gasteiger partial charge in [0.25, 0.3) is 11.8 Å². The van der Waals surface area contributed by atoms with E-state index < -0.39 is 22.6 Å². The number of hydrogen-bond acceptors (Lipinski definition) is 4. The van der Waals surface area contributed by atoms with Crippen LogP contribution < -0.4 is 10.9 Å². The van der Waals surface area contributed by atoms with E-state index in [1.807, 2.05) is 13.0 Å². The van der Waals surface area contributed by atoms with E-state index in [9.17, 15) is 14.0 Å². The fourth-order valence-electron chi connectivity index (χ4n) is 5.75. The lowest BCUT2D eigenvalue weighted by Gasteiger charge is -2.39. The Morgan fingerprint density at radius 2 is 1.45 bits per heavy atom.